The molecular formula is C24H18FNO3. The van der Waals surface area contributed by atoms with E-state index in [1.165, 1.54) is 12.1 Å². The minimum atomic E-state index is -1.00. The number of halogens is 1. The summed E-state index contributed by atoms with van der Waals surface area (Å²) in [6.45, 7) is 0.280. The fourth-order valence-corrected chi connectivity index (χ4v) is 4.62. The molecule has 4 nitrogen and oxygen atoms in total. The molecule has 0 unspecified atom stereocenters. The van der Waals surface area contributed by atoms with Crippen LogP contribution in [0.25, 0.3) is 0 Å². The van der Waals surface area contributed by atoms with Crippen molar-refractivity contribution in [3.63, 3.8) is 0 Å². The molecule has 1 heterocycles. The Kier molecular flexibility index (Phi) is 3.81. The summed E-state index contributed by atoms with van der Waals surface area (Å²) in [5, 5.41) is 9.24. The Balaban J connectivity index is 1.53. The third kappa shape index (κ3) is 2.58. The van der Waals surface area contributed by atoms with Gasteiger partial charge < -0.3 is 10.0 Å². The third-order valence-electron chi connectivity index (χ3n) is 6.06. The summed E-state index contributed by atoms with van der Waals surface area (Å²) in [6.07, 6.45) is 0.579. The number of carbonyl (C=O) groups is 2. The zero-order chi connectivity index (χ0) is 20.2. The van der Waals surface area contributed by atoms with Gasteiger partial charge in [0.05, 0.1) is 17.5 Å². The van der Waals surface area contributed by atoms with Crippen molar-refractivity contribution in [3.05, 3.63) is 101 Å². The van der Waals surface area contributed by atoms with Gasteiger partial charge in [-0.1, -0.05) is 48.5 Å². The van der Waals surface area contributed by atoms with Crippen molar-refractivity contribution in [3.8, 4) is 0 Å². The number of fused-ring (bicyclic) bond motifs is 2. The Bertz CT molecular complexity index is 1160. The van der Waals surface area contributed by atoms with E-state index in [0.29, 0.717) is 12.0 Å². The first-order valence-electron chi connectivity index (χ1n) is 9.50. The molecule has 0 bridgehead atoms. The van der Waals surface area contributed by atoms with E-state index in [-0.39, 0.29) is 29.8 Å². The molecule has 144 valence electrons. The lowest BCUT2D eigenvalue weighted by Gasteiger charge is -2.19. The van der Waals surface area contributed by atoms with E-state index < -0.39 is 11.4 Å². The number of amides is 1. The first-order chi connectivity index (χ1) is 14.0. The number of para-hydroxylation sites is 1. The standard InChI is InChI=1S/C24H18FNO3/c25-20-10-3-1-8-17(20)19-13-24(19)18-9-2-4-11-21(18)26(23(24)29)14-15-6-5-7-16(12-15)22(27)28/h1-12,19H,13-14H2,(H,27,28)/t19-,24+/m1/s1. The molecule has 2 atom stereocenters. The van der Waals surface area contributed by atoms with Gasteiger partial charge in [-0.05, 0) is 47.4 Å². The molecule has 5 heteroatoms. The van der Waals surface area contributed by atoms with Gasteiger partial charge >= 0.3 is 5.97 Å². The van der Waals surface area contributed by atoms with E-state index in [1.54, 1.807) is 35.2 Å². The Labute approximate surface area is 167 Å². The third-order valence-corrected chi connectivity index (χ3v) is 6.06. The van der Waals surface area contributed by atoms with Crippen LogP contribution in [-0.4, -0.2) is 17.0 Å². The summed E-state index contributed by atoms with van der Waals surface area (Å²) in [4.78, 5) is 26.5. The summed E-state index contributed by atoms with van der Waals surface area (Å²) < 4.78 is 14.4. The molecule has 1 N–H and O–H groups in total. The molecular weight excluding hydrogens is 369 g/mol. The maximum atomic E-state index is 14.4. The number of anilines is 1. The molecule has 3 aromatic carbocycles. The number of aromatic carboxylic acids is 1. The number of carboxylic acids is 1. The molecule has 5 rings (SSSR count). The molecule has 1 aliphatic heterocycles. The molecule has 1 amide bonds. The fourth-order valence-electron chi connectivity index (χ4n) is 4.62. The first-order valence-corrected chi connectivity index (χ1v) is 9.50. The minimum Gasteiger partial charge on any atom is -0.478 e. The largest absolute Gasteiger partial charge is 0.478 e. The van der Waals surface area contributed by atoms with Crippen molar-refractivity contribution in [2.24, 2.45) is 0 Å². The average molecular weight is 387 g/mol. The van der Waals surface area contributed by atoms with Crippen LogP contribution in [0.2, 0.25) is 0 Å². The summed E-state index contributed by atoms with van der Waals surface area (Å²) in [5.41, 5.74) is 2.51. The van der Waals surface area contributed by atoms with Crippen LogP contribution in [0.15, 0.2) is 72.8 Å². The number of benzene rings is 3. The van der Waals surface area contributed by atoms with Gasteiger partial charge in [0.15, 0.2) is 0 Å². The van der Waals surface area contributed by atoms with E-state index in [9.17, 15) is 19.1 Å². The Morgan fingerprint density at radius 1 is 1.07 bits per heavy atom. The van der Waals surface area contributed by atoms with Gasteiger partial charge in [0.2, 0.25) is 5.91 Å². The molecule has 1 spiro atoms. The van der Waals surface area contributed by atoms with Crippen LogP contribution >= 0.6 is 0 Å². The molecule has 29 heavy (non-hydrogen) atoms. The predicted molar refractivity (Wildman–Crippen MR) is 106 cm³/mol. The normalized spacial score (nSPS) is 22.0. The van der Waals surface area contributed by atoms with Gasteiger partial charge in [-0.25, -0.2) is 9.18 Å². The molecule has 1 fully saturated rings. The van der Waals surface area contributed by atoms with E-state index >= 15 is 0 Å². The van der Waals surface area contributed by atoms with Gasteiger partial charge in [-0.3, -0.25) is 4.79 Å². The topological polar surface area (TPSA) is 57.6 Å². The van der Waals surface area contributed by atoms with Gasteiger partial charge in [0.1, 0.15) is 5.82 Å². The molecule has 2 aliphatic rings. The first kappa shape index (κ1) is 17.6. The van der Waals surface area contributed by atoms with Crippen LogP contribution in [0, 0.1) is 5.82 Å². The van der Waals surface area contributed by atoms with Crippen molar-refractivity contribution < 1.29 is 19.1 Å². The second-order valence-electron chi connectivity index (χ2n) is 7.66. The maximum Gasteiger partial charge on any atom is 0.335 e. The van der Waals surface area contributed by atoms with Gasteiger partial charge in [0.25, 0.3) is 0 Å². The Morgan fingerprint density at radius 2 is 1.83 bits per heavy atom. The highest BCUT2D eigenvalue weighted by Crippen LogP contribution is 2.66. The molecule has 1 saturated carbocycles. The smallest absolute Gasteiger partial charge is 0.335 e. The van der Waals surface area contributed by atoms with E-state index in [2.05, 4.69) is 0 Å². The monoisotopic (exact) mass is 387 g/mol. The molecule has 0 aromatic heterocycles. The fraction of sp³-hybridized carbons (Fsp3) is 0.167. The summed E-state index contributed by atoms with van der Waals surface area (Å²) in [5.74, 6) is -1.52. The lowest BCUT2D eigenvalue weighted by atomic mass is 9.92. The lowest BCUT2D eigenvalue weighted by molar-refractivity contribution is -0.120. The summed E-state index contributed by atoms with van der Waals surface area (Å²) >= 11 is 0. The van der Waals surface area contributed by atoms with Crippen LogP contribution in [0.4, 0.5) is 10.1 Å². The van der Waals surface area contributed by atoms with E-state index in [0.717, 1.165) is 16.8 Å². The van der Waals surface area contributed by atoms with E-state index in [4.69, 9.17) is 0 Å². The number of carbonyl (C=O) groups excluding carboxylic acids is 1. The zero-order valence-electron chi connectivity index (χ0n) is 15.5. The van der Waals surface area contributed by atoms with Crippen LogP contribution in [0.3, 0.4) is 0 Å². The van der Waals surface area contributed by atoms with Crippen molar-refractivity contribution >= 4 is 17.6 Å². The highest BCUT2D eigenvalue weighted by Gasteiger charge is 2.67. The Hall–Kier alpha value is -3.47. The van der Waals surface area contributed by atoms with Gasteiger partial charge in [-0.2, -0.15) is 0 Å². The Morgan fingerprint density at radius 3 is 2.62 bits per heavy atom. The van der Waals surface area contributed by atoms with Crippen LogP contribution < -0.4 is 4.90 Å². The minimum absolute atomic E-state index is 0.0484. The second-order valence-corrected chi connectivity index (χ2v) is 7.66. The van der Waals surface area contributed by atoms with Crippen molar-refractivity contribution in [1.82, 2.24) is 0 Å². The highest BCUT2D eigenvalue weighted by molar-refractivity contribution is 6.11. The quantitative estimate of drug-likeness (QED) is 0.717. The molecule has 1 aliphatic carbocycles. The summed E-state index contributed by atoms with van der Waals surface area (Å²) in [7, 11) is 0. The van der Waals surface area contributed by atoms with Crippen LogP contribution in [-0.2, 0) is 16.8 Å². The second kappa shape index (κ2) is 6.27. The number of hydrogen-bond acceptors (Lipinski definition) is 2. The number of hydrogen-bond donors (Lipinski definition) is 1. The highest BCUT2D eigenvalue weighted by atomic mass is 19.1. The molecule has 0 radical (unpaired) electrons. The van der Waals surface area contributed by atoms with Crippen molar-refractivity contribution in [2.45, 2.75) is 24.3 Å². The average Bonchev–Trinajstić information content (AvgIpc) is 3.43. The number of carboxylic acid groups (broad SMARTS) is 1. The van der Waals surface area contributed by atoms with Crippen LogP contribution in [0.5, 0.6) is 0 Å². The predicted octanol–water partition coefficient (Wildman–Crippen LogP) is 4.50. The van der Waals surface area contributed by atoms with Crippen LogP contribution in [0.1, 0.15) is 39.4 Å². The van der Waals surface area contributed by atoms with E-state index in [1.807, 2.05) is 30.3 Å². The number of nitrogens with zero attached hydrogens (tertiary/aromatic N) is 1. The SMILES string of the molecule is O=C(O)c1cccc(CN2C(=O)[C@@]3(C[C@@H]3c3ccccc3F)c3ccccc32)c1. The van der Waals surface area contributed by atoms with Crippen molar-refractivity contribution in [2.75, 3.05) is 4.90 Å². The van der Waals surface area contributed by atoms with Gasteiger partial charge in [-0.15, -0.1) is 0 Å². The lowest BCUT2D eigenvalue weighted by Crippen LogP contribution is -2.32. The molecule has 3 aromatic rings. The molecule has 0 saturated heterocycles. The maximum absolute atomic E-state index is 14.4. The zero-order valence-corrected chi connectivity index (χ0v) is 15.5. The number of rotatable bonds is 4. The van der Waals surface area contributed by atoms with Crippen molar-refractivity contribution in [1.29, 1.82) is 0 Å². The van der Waals surface area contributed by atoms with Gasteiger partial charge in [0, 0.05) is 11.6 Å². The summed E-state index contributed by atoms with van der Waals surface area (Å²) in [6, 6.07) is 20.9.